The minimum atomic E-state index is -0.710. The molecule has 1 amide bonds. The maximum absolute atomic E-state index is 12.4. The number of hydrogen-bond acceptors (Lipinski definition) is 5. The molecule has 118 valence electrons. The number of nitrogens with zero attached hydrogens (tertiary/aromatic N) is 2. The van der Waals surface area contributed by atoms with Crippen molar-refractivity contribution in [3.8, 4) is 6.19 Å². The molecule has 0 saturated heterocycles. The van der Waals surface area contributed by atoms with Gasteiger partial charge >= 0.3 is 0 Å². The van der Waals surface area contributed by atoms with Crippen LogP contribution < -0.4 is 10.6 Å². The third kappa shape index (κ3) is 2.82. The van der Waals surface area contributed by atoms with Crippen LogP contribution in [-0.4, -0.2) is 16.4 Å². The van der Waals surface area contributed by atoms with Crippen LogP contribution in [0.5, 0.6) is 0 Å². The third-order valence-electron chi connectivity index (χ3n) is 5.16. The second-order valence-corrected chi connectivity index (χ2v) is 7.62. The molecule has 6 heteroatoms. The number of aromatic nitrogens is 1. The van der Waals surface area contributed by atoms with E-state index in [2.05, 4.69) is 22.5 Å². The van der Waals surface area contributed by atoms with Crippen LogP contribution in [-0.2, 0) is 4.79 Å². The van der Waals surface area contributed by atoms with Crippen molar-refractivity contribution in [2.75, 3.05) is 5.32 Å². The van der Waals surface area contributed by atoms with Crippen molar-refractivity contribution in [3.63, 3.8) is 0 Å². The SMILES string of the molecule is C[C@H]1CCCC[C@@H]1c1cnc(NC(=O)C2(NC#N)CCC2)s1. The molecule has 0 aromatic carbocycles. The van der Waals surface area contributed by atoms with Gasteiger partial charge in [0, 0.05) is 11.1 Å². The third-order valence-corrected chi connectivity index (χ3v) is 6.20. The maximum Gasteiger partial charge on any atom is 0.252 e. The Kier molecular flexibility index (Phi) is 4.34. The number of carbonyl (C=O) groups is 1. The van der Waals surface area contributed by atoms with Gasteiger partial charge in [0.05, 0.1) is 0 Å². The minimum absolute atomic E-state index is 0.127. The summed E-state index contributed by atoms with van der Waals surface area (Å²) in [5, 5.41) is 15.0. The molecule has 1 aromatic heterocycles. The van der Waals surface area contributed by atoms with Crippen molar-refractivity contribution >= 4 is 22.4 Å². The van der Waals surface area contributed by atoms with Gasteiger partial charge in [0.25, 0.3) is 5.91 Å². The number of thiazole rings is 1. The van der Waals surface area contributed by atoms with E-state index < -0.39 is 5.54 Å². The van der Waals surface area contributed by atoms with E-state index in [9.17, 15) is 4.79 Å². The highest BCUT2D eigenvalue weighted by atomic mass is 32.1. The topological polar surface area (TPSA) is 77.8 Å². The highest BCUT2D eigenvalue weighted by Crippen LogP contribution is 2.41. The van der Waals surface area contributed by atoms with E-state index in [1.165, 1.54) is 30.6 Å². The largest absolute Gasteiger partial charge is 0.308 e. The maximum atomic E-state index is 12.4. The van der Waals surface area contributed by atoms with Gasteiger partial charge in [-0.05, 0) is 37.5 Å². The van der Waals surface area contributed by atoms with Crippen LogP contribution in [0.1, 0.15) is 62.7 Å². The quantitative estimate of drug-likeness (QED) is 0.659. The van der Waals surface area contributed by atoms with Crippen LogP contribution in [0.2, 0.25) is 0 Å². The second-order valence-electron chi connectivity index (χ2n) is 6.56. The van der Waals surface area contributed by atoms with Gasteiger partial charge in [-0.2, -0.15) is 5.26 Å². The number of nitriles is 1. The van der Waals surface area contributed by atoms with Gasteiger partial charge in [0.15, 0.2) is 11.3 Å². The Balaban J connectivity index is 1.67. The zero-order valence-corrected chi connectivity index (χ0v) is 13.7. The van der Waals surface area contributed by atoms with Crippen LogP contribution >= 0.6 is 11.3 Å². The molecule has 0 spiro atoms. The zero-order chi connectivity index (χ0) is 15.6. The lowest BCUT2D eigenvalue weighted by molar-refractivity contribution is -0.125. The van der Waals surface area contributed by atoms with E-state index in [-0.39, 0.29) is 5.91 Å². The molecule has 3 rings (SSSR count). The first-order chi connectivity index (χ1) is 10.6. The smallest absolute Gasteiger partial charge is 0.252 e. The van der Waals surface area contributed by atoms with E-state index in [4.69, 9.17) is 5.26 Å². The molecule has 0 aliphatic heterocycles. The Labute approximate surface area is 135 Å². The summed E-state index contributed by atoms with van der Waals surface area (Å²) in [5.74, 6) is 1.14. The molecule has 2 saturated carbocycles. The molecule has 0 bridgehead atoms. The van der Waals surface area contributed by atoms with E-state index in [0.29, 0.717) is 29.8 Å². The Morgan fingerprint density at radius 3 is 2.82 bits per heavy atom. The number of amides is 1. The summed E-state index contributed by atoms with van der Waals surface area (Å²) in [7, 11) is 0. The van der Waals surface area contributed by atoms with E-state index in [0.717, 1.165) is 6.42 Å². The molecule has 2 fully saturated rings. The molecule has 2 atom stereocenters. The Morgan fingerprint density at radius 1 is 1.41 bits per heavy atom. The summed E-state index contributed by atoms with van der Waals surface area (Å²) in [6, 6.07) is 0. The fourth-order valence-electron chi connectivity index (χ4n) is 3.52. The fourth-order valence-corrected chi connectivity index (χ4v) is 4.60. The first-order valence-corrected chi connectivity index (χ1v) is 8.90. The highest BCUT2D eigenvalue weighted by Gasteiger charge is 2.44. The molecule has 0 unspecified atom stereocenters. The number of rotatable bonds is 4. The first-order valence-electron chi connectivity index (χ1n) is 8.08. The lowest BCUT2D eigenvalue weighted by Crippen LogP contribution is -2.57. The van der Waals surface area contributed by atoms with Crippen molar-refractivity contribution in [1.29, 1.82) is 5.26 Å². The van der Waals surface area contributed by atoms with Crippen molar-refractivity contribution in [2.45, 2.75) is 63.3 Å². The predicted octanol–water partition coefficient (Wildman–Crippen LogP) is 3.37. The fraction of sp³-hybridized carbons (Fsp3) is 0.688. The molecular weight excluding hydrogens is 296 g/mol. The van der Waals surface area contributed by atoms with E-state index >= 15 is 0 Å². The Morgan fingerprint density at radius 2 is 2.18 bits per heavy atom. The Bertz CT molecular complexity index is 587. The van der Waals surface area contributed by atoms with Gasteiger partial charge in [0.2, 0.25) is 0 Å². The van der Waals surface area contributed by atoms with Crippen LogP contribution in [0.3, 0.4) is 0 Å². The first kappa shape index (κ1) is 15.3. The van der Waals surface area contributed by atoms with Crippen molar-refractivity contribution in [2.24, 2.45) is 5.92 Å². The molecule has 22 heavy (non-hydrogen) atoms. The molecule has 2 aliphatic rings. The average Bonchev–Trinajstić information content (AvgIpc) is 2.91. The van der Waals surface area contributed by atoms with Gasteiger partial charge in [0.1, 0.15) is 5.54 Å². The average molecular weight is 318 g/mol. The lowest BCUT2D eigenvalue weighted by Gasteiger charge is -2.38. The van der Waals surface area contributed by atoms with E-state index in [1.807, 2.05) is 12.4 Å². The van der Waals surface area contributed by atoms with E-state index in [1.54, 1.807) is 11.3 Å². The lowest BCUT2D eigenvalue weighted by atomic mass is 9.76. The summed E-state index contributed by atoms with van der Waals surface area (Å²) >= 11 is 1.59. The summed E-state index contributed by atoms with van der Waals surface area (Å²) in [4.78, 5) is 18.0. The van der Waals surface area contributed by atoms with Crippen LogP contribution in [0.4, 0.5) is 5.13 Å². The van der Waals surface area contributed by atoms with Crippen LogP contribution in [0.15, 0.2) is 6.20 Å². The normalized spacial score (nSPS) is 26.5. The van der Waals surface area contributed by atoms with Gasteiger partial charge in [-0.3, -0.25) is 10.1 Å². The molecule has 1 heterocycles. The van der Waals surface area contributed by atoms with Crippen molar-refractivity contribution in [1.82, 2.24) is 10.3 Å². The van der Waals surface area contributed by atoms with Gasteiger partial charge in [-0.15, -0.1) is 11.3 Å². The number of nitrogens with one attached hydrogen (secondary N) is 2. The number of carbonyl (C=O) groups excluding carboxylic acids is 1. The molecule has 1 aromatic rings. The standard InChI is InChI=1S/C16H22N4OS/c1-11-5-2-3-6-12(11)13-9-18-15(22-13)20-14(21)16(19-10-17)7-4-8-16/h9,11-12,19H,2-8H2,1H3,(H,18,20,21)/t11-,12-/m0/s1. The monoisotopic (exact) mass is 318 g/mol. The molecular formula is C16H22N4OS. The molecule has 2 N–H and O–H groups in total. The summed E-state index contributed by atoms with van der Waals surface area (Å²) in [6.07, 6.45) is 11.3. The molecule has 0 radical (unpaired) electrons. The molecule has 2 aliphatic carbocycles. The molecule has 5 nitrogen and oxygen atoms in total. The summed E-state index contributed by atoms with van der Waals surface area (Å²) in [5.41, 5.74) is -0.710. The van der Waals surface area contributed by atoms with Crippen molar-refractivity contribution < 1.29 is 4.79 Å². The number of anilines is 1. The van der Waals surface area contributed by atoms with Crippen LogP contribution in [0, 0.1) is 17.4 Å². The summed E-state index contributed by atoms with van der Waals surface area (Å²) < 4.78 is 0. The highest BCUT2D eigenvalue weighted by molar-refractivity contribution is 7.15. The van der Waals surface area contributed by atoms with Crippen molar-refractivity contribution in [3.05, 3.63) is 11.1 Å². The Hall–Kier alpha value is -1.61. The predicted molar refractivity (Wildman–Crippen MR) is 86.4 cm³/mol. The summed E-state index contributed by atoms with van der Waals surface area (Å²) in [6.45, 7) is 2.31. The van der Waals surface area contributed by atoms with Gasteiger partial charge in [-0.1, -0.05) is 26.2 Å². The van der Waals surface area contributed by atoms with Gasteiger partial charge < -0.3 is 5.32 Å². The van der Waals surface area contributed by atoms with Crippen LogP contribution in [0.25, 0.3) is 0 Å². The minimum Gasteiger partial charge on any atom is -0.308 e. The second kappa shape index (κ2) is 6.25. The zero-order valence-electron chi connectivity index (χ0n) is 12.9. The number of hydrogen-bond donors (Lipinski definition) is 2. The van der Waals surface area contributed by atoms with Gasteiger partial charge in [-0.25, -0.2) is 4.98 Å².